The van der Waals surface area contributed by atoms with E-state index in [1.165, 1.54) is 0 Å². The van der Waals surface area contributed by atoms with E-state index in [1.54, 1.807) is 36.1 Å². The number of hydrogen-bond acceptors (Lipinski definition) is 5. The maximum Gasteiger partial charge on any atom is 0.513 e. The number of nitrogens with zero attached hydrogens (tertiary/aromatic N) is 2. The maximum absolute atomic E-state index is 12.7. The molecule has 0 unspecified atom stereocenters. The van der Waals surface area contributed by atoms with Crippen LogP contribution in [0.3, 0.4) is 0 Å². The maximum atomic E-state index is 12.7. The predicted octanol–water partition coefficient (Wildman–Crippen LogP) is 3.06. The molecule has 7 nitrogen and oxygen atoms in total. The summed E-state index contributed by atoms with van der Waals surface area (Å²) in [5, 5.41) is 0. The van der Waals surface area contributed by atoms with Gasteiger partial charge in [-0.2, -0.15) is 0 Å². The third kappa shape index (κ3) is 5.37. The Morgan fingerprint density at radius 2 is 1.53 bits per heavy atom. The van der Waals surface area contributed by atoms with Gasteiger partial charge in [-0.25, -0.2) is 4.79 Å². The second-order valence-electron chi connectivity index (χ2n) is 7.09. The van der Waals surface area contributed by atoms with Crippen LogP contribution in [0.15, 0.2) is 48.5 Å². The fourth-order valence-electron chi connectivity index (χ4n) is 3.33. The number of hydrogen-bond donors (Lipinski definition) is 0. The summed E-state index contributed by atoms with van der Waals surface area (Å²) >= 11 is 0. The molecule has 2 aromatic carbocycles. The number of ether oxygens (including phenoxy) is 2. The number of carbonyl (C=O) groups excluding carboxylic acids is 3. The highest BCUT2D eigenvalue weighted by atomic mass is 16.7. The summed E-state index contributed by atoms with van der Waals surface area (Å²) < 4.78 is 9.73. The van der Waals surface area contributed by atoms with Crippen LogP contribution < -0.4 is 4.74 Å². The molecule has 1 fully saturated rings. The predicted molar refractivity (Wildman–Crippen MR) is 111 cm³/mol. The topological polar surface area (TPSA) is 76.2 Å². The zero-order chi connectivity index (χ0) is 21.5. The minimum atomic E-state index is -0.775. The fourth-order valence-corrected chi connectivity index (χ4v) is 3.33. The Morgan fingerprint density at radius 3 is 2.17 bits per heavy atom. The zero-order valence-corrected chi connectivity index (χ0v) is 17.3. The molecule has 0 aliphatic carbocycles. The van der Waals surface area contributed by atoms with Crippen LogP contribution >= 0.6 is 0 Å². The van der Waals surface area contributed by atoms with Crippen LogP contribution in [0.5, 0.6) is 5.75 Å². The standard InChI is InChI=1S/C23H26N2O5/c1-3-29-23(28)30-20-10-8-18(9-11-20)22(27)25-14-12-24(13-15-25)21(26)16-19-7-5-4-6-17(19)2/h4-11H,3,12-16H2,1-2H3. The van der Waals surface area contributed by atoms with Crippen molar-refractivity contribution in [3.05, 3.63) is 65.2 Å². The summed E-state index contributed by atoms with van der Waals surface area (Å²) in [6, 6.07) is 14.2. The van der Waals surface area contributed by atoms with Gasteiger partial charge in [0.1, 0.15) is 5.75 Å². The molecule has 1 aliphatic rings. The van der Waals surface area contributed by atoms with E-state index in [0.717, 1.165) is 11.1 Å². The van der Waals surface area contributed by atoms with Gasteiger partial charge in [-0.05, 0) is 49.2 Å². The molecule has 0 saturated carbocycles. The third-order valence-electron chi connectivity index (χ3n) is 5.09. The minimum Gasteiger partial charge on any atom is -0.434 e. The normalized spacial score (nSPS) is 13.7. The van der Waals surface area contributed by atoms with Gasteiger partial charge in [0.2, 0.25) is 5.91 Å². The largest absolute Gasteiger partial charge is 0.513 e. The van der Waals surface area contributed by atoms with Gasteiger partial charge in [0, 0.05) is 31.7 Å². The Balaban J connectivity index is 1.52. The molecule has 0 N–H and O–H groups in total. The number of aryl methyl sites for hydroxylation is 1. The minimum absolute atomic E-state index is 0.0804. The van der Waals surface area contributed by atoms with Crippen molar-refractivity contribution in [1.82, 2.24) is 9.80 Å². The molecular formula is C23H26N2O5. The fraction of sp³-hybridized carbons (Fsp3) is 0.348. The monoisotopic (exact) mass is 410 g/mol. The average molecular weight is 410 g/mol. The van der Waals surface area contributed by atoms with Gasteiger partial charge in [-0.3, -0.25) is 9.59 Å². The lowest BCUT2D eigenvalue weighted by Crippen LogP contribution is -2.51. The number of benzene rings is 2. The summed E-state index contributed by atoms with van der Waals surface area (Å²) in [4.78, 5) is 40.2. The SMILES string of the molecule is CCOC(=O)Oc1ccc(C(=O)N2CCN(C(=O)Cc3ccccc3C)CC2)cc1. The van der Waals surface area contributed by atoms with Crippen LogP contribution in [0.1, 0.15) is 28.4 Å². The van der Waals surface area contributed by atoms with E-state index in [4.69, 9.17) is 9.47 Å². The van der Waals surface area contributed by atoms with Crippen molar-refractivity contribution in [2.24, 2.45) is 0 Å². The lowest BCUT2D eigenvalue weighted by molar-refractivity contribution is -0.131. The first kappa shape index (κ1) is 21.4. The van der Waals surface area contributed by atoms with Gasteiger partial charge in [0.25, 0.3) is 5.91 Å². The first-order valence-corrected chi connectivity index (χ1v) is 10.0. The van der Waals surface area contributed by atoms with Crippen molar-refractivity contribution in [3.63, 3.8) is 0 Å². The summed E-state index contributed by atoms with van der Waals surface area (Å²) in [6.07, 6.45) is -0.397. The molecule has 30 heavy (non-hydrogen) atoms. The molecular weight excluding hydrogens is 384 g/mol. The third-order valence-corrected chi connectivity index (χ3v) is 5.09. The van der Waals surface area contributed by atoms with Crippen molar-refractivity contribution in [3.8, 4) is 5.75 Å². The number of amides is 2. The van der Waals surface area contributed by atoms with Crippen LogP contribution in [0.2, 0.25) is 0 Å². The van der Waals surface area contributed by atoms with Crippen molar-refractivity contribution in [2.45, 2.75) is 20.3 Å². The van der Waals surface area contributed by atoms with E-state index < -0.39 is 6.16 Å². The first-order chi connectivity index (χ1) is 14.5. The molecule has 2 aromatic rings. The molecule has 1 aliphatic heterocycles. The summed E-state index contributed by atoms with van der Waals surface area (Å²) in [5.74, 6) is 0.289. The van der Waals surface area contributed by atoms with Gasteiger partial charge < -0.3 is 19.3 Å². The Kier molecular flexibility index (Phi) is 7.06. The van der Waals surface area contributed by atoms with E-state index in [2.05, 4.69) is 0 Å². The summed E-state index contributed by atoms with van der Waals surface area (Å²) in [6.45, 7) is 5.93. The molecule has 158 valence electrons. The van der Waals surface area contributed by atoms with Crippen LogP contribution in [0.25, 0.3) is 0 Å². The number of carbonyl (C=O) groups is 3. The quantitative estimate of drug-likeness (QED) is 0.559. The molecule has 0 atom stereocenters. The Bertz CT molecular complexity index is 902. The van der Waals surface area contributed by atoms with Gasteiger partial charge in [-0.1, -0.05) is 24.3 Å². The van der Waals surface area contributed by atoms with Crippen LogP contribution in [0.4, 0.5) is 4.79 Å². The molecule has 7 heteroatoms. The average Bonchev–Trinajstić information content (AvgIpc) is 2.75. The smallest absolute Gasteiger partial charge is 0.434 e. The van der Waals surface area contributed by atoms with Crippen LogP contribution in [-0.4, -0.2) is 60.6 Å². The molecule has 3 rings (SSSR count). The molecule has 2 amide bonds. The lowest BCUT2D eigenvalue weighted by atomic mass is 10.1. The van der Waals surface area contributed by atoms with Gasteiger partial charge in [-0.15, -0.1) is 0 Å². The highest BCUT2D eigenvalue weighted by Gasteiger charge is 2.25. The Morgan fingerprint density at radius 1 is 0.900 bits per heavy atom. The van der Waals surface area contributed by atoms with Gasteiger partial charge in [0.15, 0.2) is 0 Å². The number of piperazine rings is 1. The molecule has 0 spiro atoms. The second-order valence-corrected chi connectivity index (χ2v) is 7.09. The van der Waals surface area contributed by atoms with Gasteiger partial charge in [0.05, 0.1) is 13.0 Å². The Labute approximate surface area is 176 Å². The first-order valence-electron chi connectivity index (χ1n) is 10.0. The van der Waals surface area contributed by atoms with Gasteiger partial charge >= 0.3 is 6.16 Å². The zero-order valence-electron chi connectivity index (χ0n) is 17.3. The van der Waals surface area contributed by atoms with Crippen molar-refractivity contribution in [1.29, 1.82) is 0 Å². The molecule has 0 radical (unpaired) electrons. The van der Waals surface area contributed by atoms with E-state index in [0.29, 0.717) is 43.9 Å². The highest BCUT2D eigenvalue weighted by Crippen LogP contribution is 2.16. The van der Waals surface area contributed by atoms with E-state index in [-0.39, 0.29) is 18.4 Å². The lowest BCUT2D eigenvalue weighted by Gasteiger charge is -2.35. The van der Waals surface area contributed by atoms with Crippen molar-refractivity contribution in [2.75, 3.05) is 32.8 Å². The summed E-state index contributed by atoms with van der Waals surface area (Å²) in [7, 11) is 0. The van der Waals surface area contributed by atoms with Crippen molar-refractivity contribution >= 4 is 18.0 Å². The second kappa shape index (κ2) is 9.91. The van der Waals surface area contributed by atoms with Crippen molar-refractivity contribution < 1.29 is 23.9 Å². The van der Waals surface area contributed by atoms with Crippen LogP contribution in [0, 0.1) is 6.92 Å². The Hall–Kier alpha value is -3.35. The summed E-state index contributed by atoms with van der Waals surface area (Å²) in [5.41, 5.74) is 2.65. The van der Waals surface area contributed by atoms with Crippen LogP contribution in [-0.2, 0) is 16.0 Å². The highest BCUT2D eigenvalue weighted by molar-refractivity contribution is 5.94. The number of rotatable bonds is 5. The van der Waals surface area contributed by atoms with E-state index >= 15 is 0 Å². The molecule has 1 heterocycles. The molecule has 1 saturated heterocycles. The molecule has 0 bridgehead atoms. The van der Waals surface area contributed by atoms with E-state index in [9.17, 15) is 14.4 Å². The van der Waals surface area contributed by atoms with E-state index in [1.807, 2.05) is 36.1 Å². The molecule has 0 aromatic heterocycles.